The number of carbonyl (C=O) groups is 1. The number of rotatable bonds is 5. The van der Waals surface area contributed by atoms with E-state index in [4.69, 9.17) is 9.79 Å². The first kappa shape index (κ1) is 13.6. The van der Waals surface area contributed by atoms with E-state index in [9.17, 15) is 9.36 Å². The maximum Gasteiger partial charge on any atom is 0.413 e. The normalized spacial score (nSPS) is 12.6. The van der Waals surface area contributed by atoms with E-state index in [1.807, 2.05) is 21.0 Å². The summed E-state index contributed by atoms with van der Waals surface area (Å²) in [5.41, 5.74) is -1.20. The van der Waals surface area contributed by atoms with Crippen LogP contribution in [-0.4, -0.2) is 53.6 Å². The van der Waals surface area contributed by atoms with Crippen molar-refractivity contribution in [1.82, 2.24) is 5.32 Å². The molecule has 14 heavy (non-hydrogen) atoms. The Morgan fingerprint density at radius 1 is 1.43 bits per heavy atom. The lowest BCUT2D eigenvalue weighted by Crippen LogP contribution is -2.44. The van der Waals surface area contributed by atoms with Crippen molar-refractivity contribution in [1.29, 1.82) is 0 Å². The van der Waals surface area contributed by atoms with Gasteiger partial charge in [0.15, 0.2) is 0 Å². The molecule has 3 N–H and O–H groups in total. The van der Waals surface area contributed by atoms with Gasteiger partial charge in [-0.05, 0) is 6.92 Å². The standard InChI is InChI=1S/C7H17N2O4P/c1-4-9(2,3)6-5-8-7(10)14(11,12)13/h4-6H2,1-3H3,(H2-,8,10,11,12,13)/p+1. The minimum absolute atomic E-state index is 0.269. The molecule has 0 aliphatic heterocycles. The van der Waals surface area contributed by atoms with Crippen LogP contribution in [0, 0.1) is 0 Å². The van der Waals surface area contributed by atoms with Crippen molar-refractivity contribution in [2.24, 2.45) is 0 Å². The molecule has 0 rings (SSSR count). The zero-order valence-corrected chi connectivity index (χ0v) is 9.62. The Kier molecular flexibility index (Phi) is 4.74. The average Bonchev–Trinajstić information content (AvgIpc) is 2.02. The highest BCUT2D eigenvalue weighted by Crippen LogP contribution is 2.34. The van der Waals surface area contributed by atoms with Gasteiger partial charge in [0, 0.05) is 0 Å². The van der Waals surface area contributed by atoms with Crippen molar-refractivity contribution in [3.05, 3.63) is 0 Å². The Morgan fingerprint density at radius 2 is 1.93 bits per heavy atom. The number of likely N-dealkylation sites (N-methyl/N-ethyl adjacent to an activating group) is 1. The van der Waals surface area contributed by atoms with Gasteiger partial charge in [0.05, 0.1) is 33.7 Å². The summed E-state index contributed by atoms with van der Waals surface area (Å²) in [5.74, 6) is 0. The summed E-state index contributed by atoms with van der Waals surface area (Å²) in [6.07, 6.45) is 0. The fourth-order valence-electron chi connectivity index (χ4n) is 0.727. The molecule has 0 heterocycles. The van der Waals surface area contributed by atoms with Crippen molar-refractivity contribution in [2.45, 2.75) is 6.92 Å². The second kappa shape index (κ2) is 4.89. The van der Waals surface area contributed by atoms with Crippen LogP contribution in [-0.2, 0) is 4.57 Å². The van der Waals surface area contributed by atoms with Crippen LogP contribution in [0.15, 0.2) is 0 Å². The van der Waals surface area contributed by atoms with Crippen LogP contribution >= 0.6 is 7.60 Å². The monoisotopic (exact) mass is 225 g/mol. The van der Waals surface area contributed by atoms with E-state index in [0.717, 1.165) is 6.54 Å². The molecule has 0 unspecified atom stereocenters. The average molecular weight is 225 g/mol. The van der Waals surface area contributed by atoms with Crippen LogP contribution in [0.2, 0.25) is 0 Å². The largest absolute Gasteiger partial charge is 0.413 e. The zero-order valence-electron chi connectivity index (χ0n) is 8.73. The first-order valence-corrected chi connectivity index (χ1v) is 5.96. The molecule has 0 aromatic heterocycles. The lowest BCUT2D eigenvalue weighted by atomic mass is 10.4. The number of amides is 1. The van der Waals surface area contributed by atoms with E-state index in [2.05, 4.69) is 5.32 Å². The first-order valence-electron chi connectivity index (χ1n) is 4.35. The maximum atomic E-state index is 10.8. The molecule has 0 fully saturated rings. The van der Waals surface area contributed by atoms with E-state index in [1.165, 1.54) is 0 Å². The smallest absolute Gasteiger partial charge is 0.340 e. The summed E-state index contributed by atoms with van der Waals surface area (Å²) in [4.78, 5) is 27.7. The number of hydrogen-bond donors (Lipinski definition) is 3. The molecule has 0 aliphatic carbocycles. The van der Waals surface area contributed by atoms with Crippen LogP contribution in [0.25, 0.3) is 0 Å². The van der Waals surface area contributed by atoms with Gasteiger partial charge in [-0.3, -0.25) is 4.79 Å². The van der Waals surface area contributed by atoms with Gasteiger partial charge in [-0.15, -0.1) is 0 Å². The van der Waals surface area contributed by atoms with Gasteiger partial charge in [0.1, 0.15) is 0 Å². The molecule has 1 amide bonds. The SMILES string of the molecule is CC[N+](C)(C)CCNC(=O)P(=O)(O)O. The van der Waals surface area contributed by atoms with E-state index >= 15 is 0 Å². The minimum Gasteiger partial charge on any atom is -0.340 e. The number of carbonyl (C=O) groups excluding carboxylic acids is 1. The second-order valence-corrected chi connectivity index (χ2v) is 5.25. The molecule has 0 saturated carbocycles. The third-order valence-electron chi connectivity index (χ3n) is 2.11. The molecule has 0 aromatic rings. The molecule has 0 aliphatic rings. The minimum atomic E-state index is -4.60. The highest BCUT2D eigenvalue weighted by molar-refractivity contribution is 7.69. The molecule has 0 saturated heterocycles. The summed E-state index contributed by atoms with van der Waals surface area (Å²) in [6.45, 7) is 3.81. The molecule has 0 spiro atoms. The van der Waals surface area contributed by atoms with Crippen LogP contribution in [0.4, 0.5) is 4.79 Å². The third-order valence-corrected chi connectivity index (χ3v) is 2.80. The molecular formula is C7H18N2O4P+. The van der Waals surface area contributed by atoms with Crippen molar-refractivity contribution in [3.63, 3.8) is 0 Å². The van der Waals surface area contributed by atoms with E-state index < -0.39 is 13.2 Å². The third kappa shape index (κ3) is 5.34. The Bertz CT molecular complexity index is 248. The van der Waals surface area contributed by atoms with Crippen LogP contribution in [0.5, 0.6) is 0 Å². The summed E-state index contributed by atoms with van der Waals surface area (Å²) in [5, 5.41) is 2.20. The maximum absolute atomic E-state index is 10.8. The molecule has 0 atom stereocenters. The second-order valence-electron chi connectivity index (χ2n) is 3.75. The van der Waals surface area contributed by atoms with Gasteiger partial charge in [0.25, 0.3) is 0 Å². The summed E-state index contributed by atoms with van der Waals surface area (Å²) < 4.78 is 11.1. The Hall–Kier alpha value is -0.420. The number of hydrogen-bond acceptors (Lipinski definition) is 2. The predicted molar refractivity (Wildman–Crippen MR) is 53.0 cm³/mol. The quantitative estimate of drug-likeness (QED) is 0.453. The van der Waals surface area contributed by atoms with Gasteiger partial charge < -0.3 is 19.6 Å². The number of nitrogens with zero attached hydrogens (tertiary/aromatic N) is 1. The van der Waals surface area contributed by atoms with Crippen LogP contribution in [0.3, 0.4) is 0 Å². The van der Waals surface area contributed by atoms with Gasteiger partial charge >= 0.3 is 13.2 Å². The van der Waals surface area contributed by atoms with E-state index in [0.29, 0.717) is 11.0 Å². The molecule has 0 radical (unpaired) electrons. The first-order chi connectivity index (χ1) is 6.19. The van der Waals surface area contributed by atoms with E-state index in [1.54, 1.807) is 0 Å². The fourth-order valence-corrected chi connectivity index (χ4v) is 1.04. The van der Waals surface area contributed by atoms with Crippen molar-refractivity contribution >= 4 is 13.2 Å². The highest BCUT2D eigenvalue weighted by Gasteiger charge is 2.25. The lowest BCUT2D eigenvalue weighted by Gasteiger charge is -2.28. The zero-order chi connectivity index (χ0) is 11.4. The van der Waals surface area contributed by atoms with Crippen molar-refractivity contribution in [2.75, 3.05) is 33.7 Å². The predicted octanol–water partition coefficient (Wildman–Crippen LogP) is -0.0300. The summed E-state index contributed by atoms with van der Waals surface area (Å²) >= 11 is 0. The van der Waals surface area contributed by atoms with Gasteiger partial charge in [-0.2, -0.15) is 0 Å². The topological polar surface area (TPSA) is 86.6 Å². The number of quaternary nitrogens is 1. The fraction of sp³-hybridized carbons (Fsp3) is 0.857. The van der Waals surface area contributed by atoms with Crippen molar-refractivity contribution < 1.29 is 23.6 Å². The summed E-state index contributed by atoms with van der Waals surface area (Å²) in [6, 6.07) is 0. The van der Waals surface area contributed by atoms with E-state index in [-0.39, 0.29) is 6.54 Å². The highest BCUT2D eigenvalue weighted by atomic mass is 31.2. The van der Waals surface area contributed by atoms with Crippen molar-refractivity contribution in [3.8, 4) is 0 Å². The molecule has 7 heteroatoms. The lowest BCUT2D eigenvalue weighted by molar-refractivity contribution is -0.887. The Morgan fingerprint density at radius 3 is 2.29 bits per heavy atom. The van der Waals surface area contributed by atoms with Gasteiger partial charge in [-0.25, -0.2) is 4.57 Å². The molecule has 0 bridgehead atoms. The van der Waals surface area contributed by atoms with Crippen LogP contribution < -0.4 is 5.32 Å². The van der Waals surface area contributed by atoms with Gasteiger partial charge in [0.2, 0.25) is 0 Å². The Balaban J connectivity index is 3.88. The molecular weight excluding hydrogens is 207 g/mol. The summed E-state index contributed by atoms with van der Waals surface area (Å²) in [7, 11) is -0.652. The molecule has 0 aromatic carbocycles. The molecule has 84 valence electrons. The van der Waals surface area contributed by atoms with Gasteiger partial charge in [-0.1, -0.05) is 0 Å². The Labute approximate surface area is 83.7 Å². The van der Waals surface area contributed by atoms with Crippen LogP contribution in [0.1, 0.15) is 6.92 Å². The number of nitrogens with one attached hydrogen (secondary N) is 1. The molecule has 6 nitrogen and oxygen atoms in total.